The van der Waals surface area contributed by atoms with E-state index in [0.29, 0.717) is 16.4 Å². The van der Waals surface area contributed by atoms with Crippen LogP contribution in [0.2, 0.25) is 5.02 Å². The van der Waals surface area contributed by atoms with Crippen molar-refractivity contribution in [1.82, 2.24) is 4.98 Å². The predicted molar refractivity (Wildman–Crippen MR) is 102 cm³/mol. The molecule has 0 aliphatic carbocycles. The van der Waals surface area contributed by atoms with E-state index in [1.165, 1.54) is 24.4 Å². The molecule has 3 rings (SSSR count). The predicted octanol–water partition coefficient (Wildman–Crippen LogP) is 2.71. The minimum absolute atomic E-state index is 0.287. The highest BCUT2D eigenvalue weighted by atomic mass is 35.5. The van der Waals surface area contributed by atoms with Gasteiger partial charge in [0.05, 0.1) is 5.02 Å². The van der Waals surface area contributed by atoms with Crippen LogP contribution in [0.4, 0.5) is 5.82 Å². The summed E-state index contributed by atoms with van der Waals surface area (Å²) in [5.74, 6) is -0.668. The molecule has 8 nitrogen and oxygen atoms in total. The molecule has 28 heavy (non-hydrogen) atoms. The summed E-state index contributed by atoms with van der Waals surface area (Å²) >= 11 is 5.70. The monoisotopic (exact) mass is 402 g/mol. The van der Waals surface area contributed by atoms with E-state index in [1.807, 2.05) is 0 Å². The van der Waals surface area contributed by atoms with Gasteiger partial charge in [0.2, 0.25) is 0 Å². The first kappa shape index (κ1) is 19.4. The Morgan fingerprint density at radius 2 is 2.00 bits per heavy atom. The van der Waals surface area contributed by atoms with Crippen molar-refractivity contribution in [3.63, 3.8) is 0 Å². The zero-order chi connectivity index (χ0) is 20.1. The van der Waals surface area contributed by atoms with E-state index in [4.69, 9.17) is 25.5 Å². The maximum atomic E-state index is 11.8. The first-order valence-corrected chi connectivity index (χ1v) is 8.53. The molecule has 0 unspecified atom stereocenters. The Balaban J connectivity index is 1.50. The van der Waals surface area contributed by atoms with Crippen LogP contribution in [0.25, 0.3) is 11.0 Å². The maximum absolute atomic E-state index is 11.8. The van der Waals surface area contributed by atoms with Crippen LogP contribution in [0.1, 0.15) is 5.56 Å². The minimum atomic E-state index is -0.731. The Morgan fingerprint density at radius 3 is 2.75 bits per heavy atom. The molecule has 0 atom stereocenters. The van der Waals surface area contributed by atoms with E-state index < -0.39 is 30.7 Å². The van der Waals surface area contributed by atoms with Crippen LogP contribution >= 0.6 is 11.6 Å². The topological polar surface area (TPSA) is 108 Å². The number of ether oxygens (including phenoxy) is 2. The number of nitrogens with zero attached hydrogens (tertiary/aromatic N) is 1. The van der Waals surface area contributed by atoms with Gasteiger partial charge in [0.25, 0.3) is 5.91 Å². The number of carbonyl (C=O) groups excluding carboxylic acids is 2. The standard InChI is InChI=1S/C19H15ClN2O6/c1-11-6-18(24)28-15-7-13(3-4-14(11)15)26-10-19(25)27-9-17(23)22-16-5-2-12(20)8-21-16/h2-8H,9-10H2,1H3,(H,21,22,23). The molecule has 0 saturated heterocycles. The van der Waals surface area contributed by atoms with E-state index in [9.17, 15) is 14.4 Å². The fourth-order valence-corrected chi connectivity index (χ4v) is 2.47. The highest BCUT2D eigenvalue weighted by molar-refractivity contribution is 6.30. The van der Waals surface area contributed by atoms with Gasteiger partial charge in [0.1, 0.15) is 17.2 Å². The van der Waals surface area contributed by atoms with Crippen molar-refractivity contribution < 1.29 is 23.5 Å². The van der Waals surface area contributed by atoms with E-state index >= 15 is 0 Å². The molecule has 1 N–H and O–H groups in total. The van der Waals surface area contributed by atoms with Crippen LogP contribution in [-0.2, 0) is 14.3 Å². The lowest BCUT2D eigenvalue weighted by atomic mass is 10.1. The number of fused-ring (bicyclic) bond motifs is 1. The van der Waals surface area contributed by atoms with E-state index in [2.05, 4.69) is 10.3 Å². The Kier molecular flexibility index (Phi) is 5.90. The van der Waals surface area contributed by atoms with Crippen molar-refractivity contribution in [2.24, 2.45) is 0 Å². The Labute approximate surface area is 164 Å². The zero-order valence-electron chi connectivity index (χ0n) is 14.7. The number of hydrogen-bond donors (Lipinski definition) is 1. The first-order valence-electron chi connectivity index (χ1n) is 8.15. The molecule has 0 fully saturated rings. The molecule has 0 saturated carbocycles. The highest BCUT2D eigenvalue weighted by Gasteiger charge is 2.10. The number of pyridine rings is 1. The molecule has 2 heterocycles. The molecular weight excluding hydrogens is 388 g/mol. The van der Waals surface area contributed by atoms with Gasteiger partial charge in [-0.3, -0.25) is 4.79 Å². The average molecular weight is 403 g/mol. The van der Waals surface area contributed by atoms with Crippen molar-refractivity contribution in [1.29, 1.82) is 0 Å². The third kappa shape index (κ3) is 5.08. The van der Waals surface area contributed by atoms with Crippen molar-refractivity contribution in [3.8, 4) is 5.75 Å². The second-order valence-corrected chi connectivity index (χ2v) is 6.20. The summed E-state index contributed by atoms with van der Waals surface area (Å²) in [7, 11) is 0. The molecule has 0 bridgehead atoms. The van der Waals surface area contributed by atoms with Crippen molar-refractivity contribution in [3.05, 3.63) is 63.6 Å². The molecule has 0 aliphatic heterocycles. The van der Waals surface area contributed by atoms with Gasteiger partial charge < -0.3 is 19.2 Å². The summed E-state index contributed by atoms with van der Waals surface area (Å²) in [6.07, 6.45) is 1.38. The zero-order valence-corrected chi connectivity index (χ0v) is 15.5. The normalized spacial score (nSPS) is 10.5. The minimum Gasteiger partial charge on any atom is -0.482 e. The molecular formula is C19H15ClN2O6. The van der Waals surface area contributed by atoms with Crippen LogP contribution in [0.15, 0.2) is 51.8 Å². The summed E-state index contributed by atoms with van der Waals surface area (Å²) in [5.41, 5.74) is 0.659. The second-order valence-electron chi connectivity index (χ2n) is 5.77. The van der Waals surface area contributed by atoms with Gasteiger partial charge in [0, 0.05) is 23.7 Å². The average Bonchev–Trinajstić information content (AvgIpc) is 2.66. The Bertz CT molecular complexity index is 1080. The van der Waals surface area contributed by atoms with Gasteiger partial charge in [-0.15, -0.1) is 0 Å². The highest BCUT2D eigenvalue weighted by Crippen LogP contribution is 2.22. The molecule has 0 aliphatic rings. The summed E-state index contributed by atoms with van der Waals surface area (Å²) in [5, 5.41) is 3.66. The quantitative estimate of drug-likeness (QED) is 0.498. The van der Waals surface area contributed by atoms with Crippen LogP contribution in [0, 0.1) is 6.92 Å². The van der Waals surface area contributed by atoms with Gasteiger partial charge >= 0.3 is 11.6 Å². The number of carbonyl (C=O) groups is 2. The first-order chi connectivity index (χ1) is 13.4. The molecule has 9 heteroatoms. The van der Waals surface area contributed by atoms with Gasteiger partial charge in [-0.2, -0.15) is 0 Å². The summed E-state index contributed by atoms with van der Waals surface area (Å²) in [4.78, 5) is 38.8. The smallest absolute Gasteiger partial charge is 0.344 e. The molecule has 0 radical (unpaired) electrons. The van der Waals surface area contributed by atoms with Crippen LogP contribution in [0.5, 0.6) is 5.75 Å². The largest absolute Gasteiger partial charge is 0.482 e. The van der Waals surface area contributed by atoms with E-state index in [1.54, 1.807) is 25.1 Å². The number of amides is 1. The van der Waals surface area contributed by atoms with E-state index in [-0.39, 0.29) is 5.82 Å². The molecule has 3 aromatic rings. The number of hydrogen-bond acceptors (Lipinski definition) is 7. The van der Waals surface area contributed by atoms with Gasteiger partial charge in [-0.1, -0.05) is 11.6 Å². The number of rotatable bonds is 6. The van der Waals surface area contributed by atoms with Crippen molar-refractivity contribution >= 4 is 40.3 Å². The van der Waals surface area contributed by atoms with Crippen molar-refractivity contribution in [2.45, 2.75) is 6.92 Å². The SMILES string of the molecule is Cc1cc(=O)oc2cc(OCC(=O)OCC(=O)Nc3ccc(Cl)cn3)ccc12. The third-order valence-corrected chi connectivity index (χ3v) is 3.86. The molecule has 0 spiro atoms. The molecule has 1 amide bonds. The summed E-state index contributed by atoms with van der Waals surface area (Å²) < 4.78 is 15.3. The van der Waals surface area contributed by atoms with E-state index in [0.717, 1.165) is 10.9 Å². The van der Waals surface area contributed by atoms with Gasteiger partial charge in [-0.05, 0) is 36.8 Å². The third-order valence-electron chi connectivity index (χ3n) is 3.64. The summed E-state index contributed by atoms with van der Waals surface area (Å²) in [6, 6.07) is 9.35. The maximum Gasteiger partial charge on any atom is 0.344 e. The molecule has 144 valence electrons. The lowest BCUT2D eigenvalue weighted by molar-refractivity contribution is -0.149. The Morgan fingerprint density at radius 1 is 1.18 bits per heavy atom. The number of aromatic nitrogens is 1. The Hall–Kier alpha value is -3.39. The fraction of sp³-hybridized carbons (Fsp3) is 0.158. The number of halogens is 1. The van der Waals surface area contributed by atoms with Crippen LogP contribution in [-0.4, -0.2) is 30.1 Å². The number of esters is 1. The van der Waals surface area contributed by atoms with Crippen LogP contribution < -0.4 is 15.7 Å². The number of benzene rings is 1. The van der Waals surface area contributed by atoms with Gasteiger partial charge in [0.15, 0.2) is 13.2 Å². The molecule has 1 aromatic carbocycles. The number of anilines is 1. The number of nitrogens with one attached hydrogen (secondary N) is 1. The van der Waals surface area contributed by atoms with Crippen LogP contribution in [0.3, 0.4) is 0 Å². The fourth-order valence-electron chi connectivity index (χ4n) is 2.35. The van der Waals surface area contributed by atoms with Gasteiger partial charge in [-0.25, -0.2) is 14.6 Å². The molecule has 2 aromatic heterocycles. The second kappa shape index (κ2) is 8.53. The lowest BCUT2D eigenvalue weighted by Gasteiger charge is -2.08. The lowest BCUT2D eigenvalue weighted by Crippen LogP contribution is -2.24. The summed E-state index contributed by atoms with van der Waals surface area (Å²) in [6.45, 7) is 0.897. The van der Waals surface area contributed by atoms with Crippen molar-refractivity contribution in [2.75, 3.05) is 18.5 Å². The number of aryl methyl sites for hydroxylation is 1.